The first-order valence-electron chi connectivity index (χ1n) is 9.09. The Labute approximate surface area is 158 Å². The number of Topliss-reactive ketones (excluding diaryl/α,β-unsaturated/α-hetero) is 1. The molecule has 4 heteroatoms. The molecule has 0 saturated carbocycles. The van der Waals surface area contributed by atoms with Gasteiger partial charge in [-0.1, -0.05) is 67.6 Å². The van der Waals surface area contributed by atoms with Gasteiger partial charge < -0.3 is 9.52 Å². The zero-order chi connectivity index (χ0) is 19.2. The van der Waals surface area contributed by atoms with E-state index in [2.05, 4.69) is 0 Å². The van der Waals surface area contributed by atoms with Gasteiger partial charge in [-0.05, 0) is 24.0 Å². The lowest BCUT2D eigenvalue weighted by molar-refractivity contribution is 0.0950. The summed E-state index contributed by atoms with van der Waals surface area (Å²) in [6.45, 7) is 1.94. The van der Waals surface area contributed by atoms with Crippen molar-refractivity contribution in [3.05, 3.63) is 99.6 Å². The third-order valence-corrected chi connectivity index (χ3v) is 4.68. The molecule has 1 atom stereocenters. The molecule has 4 nitrogen and oxygen atoms in total. The Kier molecular flexibility index (Phi) is 5.87. The second-order valence-corrected chi connectivity index (χ2v) is 6.48. The minimum atomic E-state index is -0.659. The highest BCUT2D eigenvalue weighted by Crippen LogP contribution is 2.31. The van der Waals surface area contributed by atoms with E-state index in [1.807, 2.05) is 67.6 Å². The van der Waals surface area contributed by atoms with Crippen LogP contribution in [-0.2, 0) is 6.42 Å². The van der Waals surface area contributed by atoms with E-state index >= 15 is 0 Å². The van der Waals surface area contributed by atoms with Crippen molar-refractivity contribution in [2.24, 2.45) is 0 Å². The van der Waals surface area contributed by atoms with Gasteiger partial charge in [-0.15, -0.1) is 0 Å². The van der Waals surface area contributed by atoms with Crippen LogP contribution in [0.25, 0.3) is 0 Å². The maximum Gasteiger partial charge on any atom is 0.343 e. The minimum absolute atomic E-state index is 0.0971. The molecule has 138 valence electrons. The predicted octanol–water partition coefficient (Wildman–Crippen LogP) is 4.70. The molecule has 2 aromatic carbocycles. The lowest BCUT2D eigenvalue weighted by Crippen LogP contribution is -2.16. The lowest BCUT2D eigenvalue weighted by Gasteiger charge is -2.16. The molecule has 1 heterocycles. The highest BCUT2D eigenvalue weighted by Gasteiger charge is 2.23. The Bertz CT molecular complexity index is 959. The zero-order valence-electron chi connectivity index (χ0n) is 15.2. The largest absolute Gasteiger partial charge is 0.507 e. The Hall–Kier alpha value is -3.14. The van der Waals surface area contributed by atoms with Gasteiger partial charge in [0.05, 0.1) is 5.56 Å². The zero-order valence-corrected chi connectivity index (χ0v) is 15.2. The minimum Gasteiger partial charge on any atom is -0.507 e. The van der Waals surface area contributed by atoms with E-state index in [9.17, 15) is 14.7 Å². The van der Waals surface area contributed by atoms with Crippen LogP contribution in [-0.4, -0.2) is 10.9 Å². The van der Waals surface area contributed by atoms with Crippen LogP contribution < -0.4 is 5.63 Å². The van der Waals surface area contributed by atoms with Gasteiger partial charge in [0, 0.05) is 18.4 Å². The van der Waals surface area contributed by atoms with E-state index in [1.165, 1.54) is 6.07 Å². The maximum atomic E-state index is 12.5. The summed E-state index contributed by atoms with van der Waals surface area (Å²) in [6, 6.07) is 20.4. The Morgan fingerprint density at radius 1 is 1.04 bits per heavy atom. The van der Waals surface area contributed by atoms with E-state index in [0.717, 1.165) is 11.1 Å². The van der Waals surface area contributed by atoms with Crippen molar-refractivity contribution >= 4 is 5.78 Å². The molecule has 0 aliphatic rings. The van der Waals surface area contributed by atoms with Gasteiger partial charge in [-0.3, -0.25) is 4.79 Å². The van der Waals surface area contributed by atoms with Crippen LogP contribution in [0, 0.1) is 0 Å². The number of ketones is 1. The highest BCUT2D eigenvalue weighted by molar-refractivity contribution is 5.93. The normalized spacial score (nSPS) is 11.9. The number of hydrogen-bond acceptors (Lipinski definition) is 4. The molecule has 27 heavy (non-hydrogen) atoms. The number of rotatable bonds is 7. The molecule has 1 aromatic heterocycles. The van der Waals surface area contributed by atoms with Gasteiger partial charge >= 0.3 is 5.63 Å². The summed E-state index contributed by atoms with van der Waals surface area (Å²) in [6.07, 6.45) is 1.39. The summed E-state index contributed by atoms with van der Waals surface area (Å²) in [5, 5.41) is 10.5. The monoisotopic (exact) mass is 362 g/mol. The molecular formula is C23H22O4. The van der Waals surface area contributed by atoms with Crippen LogP contribution in [0.5, 0.6) is 5.75 Å². The fourth-order valence-corrected chi connectivity index (χ4v) is 3.27. The van der Waals surface area contributed by atoms with E-state index in [1.54, 1.807) is 0 Å². The van der Waals surface area contributed by atoms with Gasteiger partial charge in [-0.2, -0.15) is 0 Å². The van der Waals surface area contributed by atoms with Crippen LogP contribution in [0.1, 0.15) is 52.9 Å². The first kappa shape index (κ1) is 18.6. The number of hydrogen-bond donors (Lipinski definition) is 1. The second kappa shape index (κ2) is 8.49. The molecule has 0 amide bonds. The third-order valence-electron chi connectivity index (χ3n) is 4.68. The molecule has 0 aliphatic carbocycles. The highest BCUT2D eigenvalue weighted by atomic mass is 16.4. The van der Waals surface area contributed by atoms with Gasteiger partial charge in [0.2, 0.25) is 0 Å². The van der Waals surface area contributed by atoms with E-state index < -0.39 is 5.63 Å². The summed E-state index contributed by atoms with van der Waals surface area (Å²) in [5.74, 6) is -0.869. The maximum absolute atomic E-state index is 12.5. The van der Waals surface area contributed by atoms with E-state index in [0.29, 0.717) is 12.8 Å². The summed E-state index contributed by atoms with van der Waals surface area (Å²) in [4.78, 5) is 24.9. The molecule has 3 rings (SSSR count). The Morgan fingerprint density at radius 2 is 1.67 bits per heavy atom. The number of carbonyl (C=O) groups excluding carboxylic acids is 1. The molecule has 0 radical (unpaired) electrons. The molecule has 0 aliphatic heterocycles. The lowest BCUT2D eigenvalue weighted by atomic mass is 9.89. The van der Waals surface area contributed by atoms with E-state index in [-0.39, 0.29) is 35.2 Å². The fraction of sp³-hybridized carbons (Fsp3) is 0.217. The van der Waals surface area contributed by atoms with Crippen molar-refractivity contribution in [3.63, 3.8) is 0 Å². The van der Waals surface area contributed by atoms with Crippen LogP contribution in [0.3, 0.4) is 0 Å². The van der Waals surface area contributed by atoms with Crippen molar-refractivity contribution in [2.45, 2.75) is 32.1 Å². The van der Waals surface area contributed by atoms with Crippen molar-refractivity contribution < 1.29 is 14.3 Å². The Morgan fingerprint density at radius 3 is 2.26 bits per heavy atom. The summed E-state index contributed by atoms with van der Waals surface area (Å²) >= 11 is 0. The molecule has 1 N–H and O–H groups in total. The standard InChI is InChI=1S/C23H22O4/c1-2-18(17-11-7-4-8-12-17)22-20(25)15-21(27-23(22)26)19(24)14-13-16-9-5-3-6-10-16/h3-12,15,18,25H,2,13-14H2,1H3. The van der Waals surface area contributed by atoms with Gasteiger partial charge in [0.1, 0.15) is 5.75 Å². The molecule has 3 aromatic rings. The summed E-state index contributed by atoms with van der Waals surface area (Å²) < 4.78 is 5.28. The first-order valence-corrected chi connectivity index (χ1v) is 9.09. The molecule has 0 fully saturated rings. The van der Waals surface area contributed by atoms with Gasteiger partial charge in [-0.25, -0.2) is 4.79 Å². The van der Waals surface area contributed by atoms with Gasteiger partial charge in [0.15, 0.2) is 11.5 Å². The first-order chi connectivity index (χ1) is 13.1. The molecule has 1 unspecified atom stereocenters. The average molecular weight is 362 g/mol. The topological polar surface area (TPSA) is 67.5 Å². The van der Waals surface area contributed by atoms with Crippen LogP contribution in [0.2, 0.25) is 0 Å². The van der Waals surface area contributed by atoms with Crippen LogP contribution in [0.15, 0.2) is 75.9 Å². The smallest absolute Gasteiger partial charge is 0.343 e. The quantitative estimate of drug-likeness (QED) is 0.619. The SMILES string of the molecule is CCC(c1ccccc1)c1c(O)cc(C(=O)CCc2ccccc2)oc1=O. The van der Waals surface area contributed by atoms with Gasteiger partial charge in [0.25, 0.3) is 0 Å². The van der Waals surface area contributed by atoms with Crippen LogP contribution >= 0.6 is 0 Å². The molecule has 0 spiro atoms. The summed E-state index contributed by atoms with van der Waals surface area (Å²) in [5.41, 5.74) is 1.49. The predicted molar refractivity (Wildman–Crippen MR) is 104 cm³/mol. The van der Waals surface area contributed by atoms with Crippen molar-refractivity contribution in [2.75, 3.05) is 0 Å². The third kappa shape index (κ3) is 4.34. The average Bonchev–Trinajstić information content (AvgIpc) is 2.70. The van der Waals surface area contributed by atoms with Crippen molar-refractivity contribution in [1.29, 1.82) is 0 Å². The van der Waals surface area contributed by atoms with Crippen LogP contribution in [0.4, 0.5) is 0 Å². The molecule has 0 saturated heterocycles. The second-order valence-electron chi connectivity index (χ2n) is 6.48. The number of aromatic hydroxyl groups is 1. The molecule has 0 bridgehead atoms. The molecular weight excluding hydrogens is 340 g/mol. The number of aryl methyl sites for hydroxylation is 1. The fourth-order valence-electron chi connectivity index (χ4n) is 3.27. The Balaban J connectivity index is 1.84. The number of benzene rings is 2. The van der Waals surface area contributed by atoms with E-state index in [4.69, 9.17) is 4.42 Å². The van der Waals surface area contributed by atoms with Crippen molar-refractivity contribution in [3.8, 4) is 5.75 Å². The number of carbonyl (C=O) groups is 1. The van der Waals surface area contributed by atoms with Crippen molar-refractivity contribution in [1.82, 2.24) is 0 Å². The summed E-state index contributed by atoms with van der Waals surface area (Å²) in [7, 11) is 0.